The SMILES string of the molecule is O=C(C=Cc1ccc2c(c1)OCO2)Nc1ccccc1C(=O)NCc1ccccc1. The van der Waals surface area contributed by atoms with Crippen molar-refractivity contribution in [3.8, 4) is 11.5 Å². The summed E-state index contributed by atoms with van der Waals surface area (Å²) in [4.78, 5) is 25.0. The number of hydrogen-bond donors (Lipinski definition) is 2. The van der Waals surface area contributed by atoms with Crippen molar-refractivity contribution in [2.75, 3.05) is 12.1 Å². The van der Waals surface area contributed by atoms with Gasteiger partial charge < -0.3 is 20.1 Å². The lowest BCUT2D eigenvalue weighted by atomic mass is 10.1. The summed E-state index contributed by atoms with van der Waals surface area (Å²) in [6.45, 7) is 0.609. The molecule has 0 spiro atoms. The number of amides is 2. The minimum Gasteiger partial charge on any atom is -0.454 e. The van der Waals surface area contributed by atoms with E-state index in [4.69, 9.17) is 9.47 Å². The van der Waals surface area contributed by atoms with Crippen molar-refractivity contribution in [1.29, 1.82) is 0 Å². The van der Waals surface area contributed by atoms with Crippen LogP contribution in [0.2, 0.25) is 0 Å². The van der Waals surface area contributed by atoms with E-state index in [0.29, 0.717) is 29.3 Å². The highest BCUT2D eigenvalue weighted by molar-refractivity contribution is 6.07. The molecule has 3 aromatic rings. The zero-order valence-electron chi connectivity index (χ0n) is 16.1. The maximum atomic E-state index is 12.6. The van der Waals surface area contributed by atoms with Crippen LogP contribution in [0.4, 0.5) is 5.69 Å². The fourth-order valence-electron chi connectivity index (χ4n) is 3.03. The van der Waals surface area contributed by atoms with Crippen molar-refractivity contribution < 1.29 is 19.1 Å². The van der Waals surface area contributed by atoms with E-state index in [2.05, 4.69) is 10.6 Å². The van der Waals surface area contributed by atoms with Gasteiger partial charge in [0.2, 0.25) is 12.7 Å². The summed E-state index contributed by atoms with van der Waals surface area (Å²) in [6, 6.07) is 22.0. The quantitative estimate of drug-likeness (QED) is 0.614. The Kier molecular flexibility index (Phi) is 5.75. The van der Waals surface area contributed by atoms with Gasteiger partial charge in [0, 0.05) is 12.6 Å². The van der Waals surface area contributed by atoms with Crippen molar-refractivity contribution >= 4 is 23.6 Å². The highest BCUT2D eigenvalue weighted by atomic mass is 16.7. The van der Waals surface area contributed by atoms with Gasteiger partial charge in [-0.25, -0.2) is 0 Å². The molecule has 0 saturated heterocycles. The van der Waals surface area contributed by atoms with Crippen LogP contribution < -0.4 is 20.1 Å². The standard InChI is InChI=1S/C24H20N2O4/c27-23(13-11-17-10-12-21-22(14-17)30-16-29-21)26-20-9-5-4-8-19(20)24(28)25-15-18-6-2-1-3-7-18/h1-14H,15-16H2,(H,25,28)(H,26,27). The summed E-state index contributed by atoms with van der Waals surface area (Å²) in [6.07, 6.45) is 3.09. The molecule has 0 fully saturated rings. The minimum absolute atomic E-state index is 0.201. The topological polar surface area (TPSA) is 76.7 Å². The average Bonchev–Trinajstić information content (AvgIpc) is 3.25. The second-order valence-electron chi connectivity index (χ2n) is 6.65. The molecule has 150 valence electrons. The third-order valence-electron chi connectivity index (χ3n) is 4.55. The molecule has 2 amide bonds. The number of rotatable bonds is 6. The van der Waals surface area contributed by atoms with Gasteiger partial charge in [-0.3, -0.25) is 9.59 Å². The number of hydrogen-bond acceptors (Lipinski definition) is 4. The largest absolute Gasteiger partial charge is 0.454 e. The monoisotopic (exact) mass is 400 g/mol. The molecule has 0 atom stereocenters. The summed E-state index contributed by atoms with van der Waals surface area (Å²) < 4.78 is 10.6. The smallest absolute Gasteiger partial charge is 0.253 e. The Bertz CT molecular complexity index is 1090. The van der Waals surface area contributed by atoms with Crippen LogP contribution in [0, 0.1) is 0 Å². The van der Waals surface area contributed by atoms with Gasteiger partial charge in [0.05, 0.1) is 11.3 Å². The summed E-state index contributed by atoms with van der Waals surface area (Å²) >= 11 is 0. The van der Waals surface area contributed by atoms with E-state index in [0.717, 1.165) is 11.1 Å². The van der Waals surface area contributed by atoms with Gasteiger partial charge in [-0.1, -0.05) is 48.5 Å². The first-order chi connectivity index (χ1) is 14.7. The van der Waals surface area contributed by atoms with Gasteiger partial charge in [-0.05, 0) is 41.5 Å². The molecule has 0 bridgehead atoms. The van der Waals surface area contributed by atoms with Crippen LogP contribution in [0.25, 0.3) is 6.08 Å². The van der Waals surface area contributed by atoms with Crippen LogP contribution in [0.3, 0.4) is 0 Å². The molecule has 0 saturated carbocycles. The Hall–Kier alpha value is -4.06. The normalized spacial score (nSPS) is 12.0. The number of anilines is 1. The number of benzene rings is 3. The molecule has 4 rings (SSSR count). The molecular formula is C24H20N2O4. The van der Waals surface area contributed by atoms with Gasteiger partial charge in [-0.15, -0.1) is 0 Å². The van der Waals surface area contributed by atoms with Crippen LogP contribution in [0.1, 0.15) is 21.5 Å². The first-order valence-electron chi connectivity index (χ1n) is 9.49. The highest BCUT2D eigenvalue weighted by Gasteiger charge is 2.13. The second kappa shape index (κ2) is 8.96. The summed E-state index contributed by atoms with van der Waals surface area (Å²) in [5, 5.41) is 5.65. The molecule has 1 aliphatic rings. The molecular weight excluding hydrogens is 380 g/mol. The molecule has 3 aromatic carbocycles. The Balaban J connectivity index is 1.40. The van der Waals surface area contributed by atoms with E-state index in [1.54, 1.807) is 42.5 Å². The molecule has 2 N–H and O–H groups in total. The Morgan fingerprint density at radius 1 is 0.900 bits per heavy atom. The number of carbonyl (C=O) groups is 2. The summed E-state index contributed by atoms with van der Waals surface area (Å²) in [5.74, 6) is 0.746. The fraction of sp³-hybridized carbons (Fsp3) is 0.0833. The minimum atomic E-state index is -0.337. The van der Waals surface area contributed by atoms with E-state index in [-0.39, 0.29) is 18.6 Å². The van der Waals surface area contributed by atoms with Gasteiger partial charge in [0.25, 0.3) is 5.91 Å². The lowest BCUT2D eigenvalue weighted by Crippen LogP contribution is -2.24. The van der Waals surface area contributed by atoms with E-state index in [1.165, 1.54) is 6.08 Å². The van der Waals surface area contributed by atoms with Gasteiger partial charge in [-0.2, -0.15) is 0 Å². The van der Waals surface area contributed by atoms with Crippen molar-refractivity contribution in [2.24, 2.45) is 0 Å². The number of nitrogens with one attached hydrogen (secondary N) is 2. The van der Waals surface area contributed by atoms with Crippen LogP contribution in [-0.4, -0.2) is 18.6 Å². The van der Waals surface area contributed by atoms with Crippen molar-refractivity contribution in [1.82, 2.24) is 5.32 Å². The predicted molar refractivity (Wildman–Crippen MR) is 114 cm³/mol. The van der Waals surface area contributed by atoms with Crippen LogP contribution in [-0.2, 0) is 11.3 Å². The number of para-hydroxylation sites is 1. The van der Waals surface area contributed by atoms with E-state index in [9.17, 15) is 9.59 Å². The first-order valence-corrected chi connectivity index (χ1v) is 9.49. The lowest BCUT2D eigenvalue weighted by Gasteiger charge is -2.10. The van der Waals surface area contributed by atoms with Crippen molar-refractivity contribution in [3.05, 3.63) is 95.6 Å². The lowest BCUT2D eigenvalue weighted by molar-refractivity contribution is -0.111. The molecule has 1 heterocycles. The van der Waals surface area contributed by atoms with E-state index >= 15 is 0 Å². The molecule has 6 nitrogen and oxygen atoms in total. The maximum Gasteiger partial charge on any atom is 0.253 e. The number of carbonyl (C=O) groups excluding carboxylic acids is 2. The highest BCUT2D eigenvalue weighted by Crippen LogP contribution is 2.32. The zero-order valence-corrected chi connectivity index (χ0v) is 16.1. The summed E-state index contributed by atoms with van der Waals surface area (Å²) in [5.41, 5.74) is 2.66. The maximum absolute atomic E-state index is 12.6. The average molecular weight is 400 g/mol. The first kappa shape index (κ1) is 19.3. The molecule has 1 aliphatic heterocycles. The van der Waals surface area contributed by atoms with Crippen LogP contribution in [0.15, 0.2) is 78.9 Å². The Labute approximate surface area is 174 Å². The zero-order chi connectivity index (χ0) is 20.8. The van der Waals surface area contributed by atoms with Gasteiger partial charge in [0.15, 0.2) is 11.5 Å². The Morgan fingerprint density at radius 3 is 2.53 bits per heavy atom. The third kappa shape index (κ3) is 4.67. The van der Waals surface area contributed by atoms with Gasteiger partial charge in [0.1, 0.15) is 0 Å². The number of ether oxygens (including phenoxy) is 2. The van der Waals surface area contributed by atoms with Crippen LogP contribution >= 0.6 is 0 Å². The van der Waals surface area contributed by atoms with Crippen molar-refractivity contribution in [3.63, 3.8) is 0 Å². The summed E-state index contributed by atoms with van der Waals surface area (Å²) in [7, 11) is 0. The third-order valence-corrected chi connectivity index (χ3v) is 4.55. The van der Waals surface area contributed by atoms with E-state index < -0.39 is 0 Å². The van der Waals surface area contributed by atoms with Crippen LogP contribution in [0.5, 0.6) is 11.5 Å². The molecule has 0 aromatic heterocycles. The predicted octanol–water partition coefficient (Wildman–Crippen LogP) is 4.00. The number of fused-ring (bicyclic) bond motifs is 1. The molecule has 30 heavy (non-hydrogen) atoms. The molecule has 6 heteroatoms. The molecule has 0 radical (unpaired) electrons. The van der Waals surface area contributed by atoms with Gasteiger partial charge >= 0.3 is 0 Å². The fourth-order valence-corrected chi connectivity index (χ4v) is 3.03. The molecule has 0 unspecified atom stereocenters. The molecule has 0 aliphatic carbocycles. The van der Waals surface area contributed by atoms with Crippen molar-refractivity contribution in [2.45, 2.75) is 6.54 Å². The van der Waals surface area contributed by atoms with E-state index in [1.807, 2.05) is 36.4 Å². The Morgan fingerprint density at radius 2 is 1.67 bits per heavy atom. The second-order valence-corrected chi connectivity index (χ2v) is 6.65.